The molecule has 1 aliphatic heterocycles. The molecule has 1 saturated heterocycles. The fraction of sp³-hybridized carbons (Fsp3) is 1.00. The summed E-state index contributed by atoms with van der Waals surface area (Å²) in [7, 11) is 0. The maximum absolute atomic E-state index is 3.73. The molecule has 0 aromatic rings. The molecule has 2 nitrogen and oxygen atoms in total. The largest absolute Gasteiger partial charge is 0.314 e. The molecule has 0 aromatic heterocycles. The fourth-order valence-corrected chi connectivity index (χ4v) is 3.88. The van der Waals surface area contributed by atoms with E-state index in [-0.39, 0.29) is 0 Å². The van der Waals surface area contributed by atoms with Gasteiger partial charge in [-0.05, 0) is 62.9 Å². The fourth-order valence-electron chi connectivity index (χ4n) is 3.88. The van der Waals surface area contributed by atoms with Gasteiger partial charge in [-0.3, -0.25) is 0 Å². The van der Waals surface area contributed by atoms with Crippen molar-refractivity contribution in [2.45, 2.75) is 71.9 Å². The molecule has 1 N–H and O–H groups in total. The van der Waals surface area contributed by atoms with E-state index in [2.05, 4.69) is 37.9 Å². The van der Waals surface area contributed by atoms with Crippen LogP contribution in [0.2, 0.25) is 0 Å². The van der Waals surface area contributed by atoms with E-state index in [9.17, 15) is 0 Å². The highest BCUT2D eigenvalue weighted by Crippen LogP contribution is 2.32. The van der Waals surface area contributed by atoms with Gasteiger partial charge in [-0.2, -0.15) is 0 Å². The smallest absolute Gasteiger partial charge is 0.00981 e. The molecule has 5 atom stereocenters. The predicted molar refractivity (Wildman–Crippen MR) is 83.4 cm³/mol. The topological polar surface area (TPSA) is 15.3 Å². The Morgan fingerprint density at radius 3 is 2.53 bits per heavy atom. The maximum atomic E-state index is 3.73. The average Bonchev–Trinajstić information content (AvgIpc) is 2.38. The summed E-state index contributed by atoms with van der Waals surface area (Å²) in [5, 5.41) is 3.73. The Morgan fingerprint density at radius 1 is 1.05 bits per heavy atom. The summed E-state index contributed by atoms with van der Waals surface area (Å²) < 4.78 is 0. The van der Waals surface area contributed by atoms with Gasteiger partial charge in [-0.25, -0.2) is 0 Å². The molecule has 2 aliphatic rings. The Labute approximate surface area is 120 Å². The summed E-state index contributed by atoms with van der Waals surface area (Å²) in [6, 6.07) is 1.61. The van der Waals surface area contributed by atoms with Gasteiger partial charge in [-0.15, -0.1) is 0 Å². The van der Waals surface area contributed by atoms with Crippen molar-refractivity contribution < 1.29 is 0 Å². The van der Waals surface area contributed by atoms with Crippen LogP contribution in [0.15, 0.2) is 0 Å². The summed E-state index contributed by atoms with van der Waals surface area (Å²) in [6.45, 7) is 13.4. The van der Waals surface area contributed by atoms with Crippen molar-refractivity contribution in [3.63, 3.8) is 0 Å². The van der Waals surface area contributed by atoms with E-state index in [4.69, 9.17) is 0 Å². The van der Waals surface area contributed by atoms with Crippen LogP contribution < -0.4 is 5.32 Å². The molecule has 2 rings (SSSR count). The molecule has 1 aliphatic carbocycles. The first-order valence-electron chi connectivity index (χ1n) is 8.57. The SMILES string of the molecule is CCC1CCN(C2CCC(C)C(C)C2)CC(C)CN1. The molecule has 5 unspecified atom stereocenters. The number of nitrogens with zero attached hydrogens (tertiary/aromatic N) is 1. The Morgan fingerprint density at radius 2 is 1.84 bits per heavy atom. The second-order valence-electron chi connectivity index (χ2n) is 7.32. The van der Waals surface area contributed by atoms with Crippen molar-refractivity contribution in [1.82, 2.24) is 10.2 Å². The van der Waals surface area contributed by atoms with Crippen LogP contribution in [0.25, 0.3) is 0 Å². The van der Waals surface area contributed by atoms with E-state index in [1.165, 1.54) is 51.7 Å². The first kappa shape index (κ1) is 15.3. The highest BCUT2D eigenvalue weighted by molar-refractivity contribution is 4.85. The Hall–Kier alpha value is -0.0800. The van der Waals surface area contributed by atoms with E-state index in [1.807, 2.05) is 0 Å². The first-order valence-corrected chi connectivity index (χ1v) is 8.57. The molecule has 2 fully saturated rings. The van der Waals surface area contributed by atoms with Gasteiger partial charge < -0.3 is 10.2 Å². The lowest BCUT2D eigenvalue weighted by Gasteiger charge is -2.42. The van der Waals surface area contributed by atoms with Crippen molar-refractivity contribution in [1.29, 1.82) is 0 Å². The Balaban J connectivity index is 1.93. The third kappa shape index (κ3) is 4.19. The van der Waals surface area contributed by atoms with Gasteiger partial charge >= 0.3 is 0 Å². The molecule has 0 amide bonds. The zero-order valence-corrected chi connectivity index (χ0v) is 13.5. The first-order chi connectivity index (χ1) is 9.10. The van der Waals surface area contributed by atoms with Crippen LogP contribution in [0.4, 0.5) is 0 Å². The van der Waals surface area contributed by atoms with Crippen LogP contribution >= 0.6 is 0 Å². The van der Waals surface area contributed by atoms with E-state index < -0.39 is 0 Å². The summed E-state index contributed by atoms with van der Waals surface area (Å²) in [4.78, 5) is 2.83. The van der Waals surface area contributed by atoms with Crippen LogP contribution in [0.3, 0.4) is 0 Å². The van der Waals surface area contributed by atoms with E-state index in [1.54, 1.807) is 0 Å². The normalized spacial score (nSPS) is 42.6. The van der Waals surface area contributed by atoms with E-state index >= 15 is 0 Å². The second-order valence-corrected chi connectivity index (χ2v) is 7.32. The minimum atomic E-state index is 0.741. The lowest BCUT2D eigenvalue weighted by atomic mass is 9.78. The highest BCUT2D eigenvalue weighted by atomic mass is 15.2. The quantitative estimate of drug-likeness (QED) is 0.822. The lowest BCUT2D eigenvalue weighted by Crippen LogP contribution is -2.48. The van der Waals surface area contributed by atoms with Crippen LogP contribution in [0.1, 0.15) is 59.8 Å². The zero-order chi connectivity index (χ0) is 13.8. The molecule has 0 radical (unpaired) electrons. The Kier molecular flexibility index (Phi) is 5.70. The third-order valence-corrected chi connectivity index (χ3v) is 5.65. The number of hydrogen-bond donors (Lipinski definition) is 1. The van der Waals surface area contributed by atoms with Gasteiger partial charge in [0.05, 0.1) is 0 Å². The van der Waals surface area contributed by atoms with Crippen LogP contribution in [0, 0.1) is 17.8 Å². The van der Waals surface area contributed by atoms with Crippen molar-refractivity contribution in [3.05, 3.63) is 0 Å². The van der Waals surface area contributed by atoms with Crippen molar-refractivity contribution in [3.8, 4) is 0 Å². The van der Waals surface area contributed by atoms with Crippen LogP contribution in [-0.4, -0.2) is 36.6 Å². The Bertz CT molecular complexity index is 266. The number of rotatable bonds is 2. The van der Waals surface area contributed by atoms with Gasteiger partial charge in [0.25, 0.3) is 0 Å². The minimum absolute atomic E-state index is 0.741. The number of hydrogen-bond acceptors (Lipinski definition) is 2. The minimum Gasteiger partial charge on any atom is -0.314 e. The molecule has 1 heterocycles. The maximum Gasteiger partial charge on any atom is 0.00981 e. The predicted octanol–water partition coefficient (Wildman–Crippen LogP) is 3.52. The van der Waals surface area contributed by atoms with Crippen molar-refractivity contribution in [2.75, 3.05) is 19.6 Å². The van der Waals surface area contributed by atoms with Gasteiger partial charge in [0.15, 0.2) is 0 Å². The van der Waals surface area contributed by atoms with Crippen LogP contribution in [-0.2, 0) is 0 Å². The molecule has 19 heavy (non-hydrogen) atoms. The number of nitrogens with one attached hydrogen (secondary N) is 1. The monoisotopic (exact) mass is 266 g/mol. The van der Waals surface area contributed by atoms with Gasteiger partial charge in [-0.1, -0.05) is 27.7 Å². The molecule has 2 heteroatoms. The van der Waals surface area contributed by atoms with Gasteiger partial charge in [0.1, 0.15) is 0 Å². The van der Waals surface area contributed by atoms with E-state index in [0.29, 0.717) is 0 Å². The van der Waals surface area contributed by atoms with Gasteiger partial charge in [0.2, 0.25) is 0 Å². The molecule has 0 spiro atoms. The van der Waals surface area contributed by atoms with E-state index in [0.717, 1.165) is 29.8 Å². The lowest BCUT2D eigenvalue weighted by molar-refractivity contribution is 0.0837. The highest BCUT2D eigenvalue weighted by Gasteiger charge is 2.30. The third-order valence-electron chi connectivity index (χ3n) is 5.65. The van der Waals surface area contributed by atoms with Crippen molar-refractivity contribution in [2.24, 2.45) is 17.8 Å². The van der Waals surface area contributed by atoms with Crippen LogP contribution in [0.5, 0.6) is 0 Å². The summed E-state index contributed by atoms with van der Waals surface area (Å²) in [6.07, 6.45) is 6.91. The standard InChI is InChI=1S/C17H34N2/c1-5-16-8-9-19(12-13(2)11-18-16)17-7-6-14(3)15(4)10-17/h13-18H,5-12H2,1-4H3. The summed E-state index contributed by atoms with van der Waals surface area (Å²) in [5.74, 6) is 2.65. The molecular weight excluding hydrogens is 232 g/mol. The molecule has 1 saturated carbocycles. The molecular formula is C17H34N2. The summed E-state index contributed by atoms with van der Waals surface area (Å²) >= 11 is 0. The van der Waals surface area contributed by atoms with Crippen molar-refractivity contribution >= 4 is 0 Å². The molecule has 0 bridgehead atoms. The van der Waals surface area contributed by atoms with Gasteiger partial charge in [0, 0.05) is 18.6 Å². The summed E-state index contributed by atoms with van der Waals surface area (Å²) in [5.41, 5.74) is 0. The second kappa shape index (κ2) is 7.08. The average molecular weight is 266 g/mol. The zero-order valence-electron chi connectivity index (χ0n) is 13.5. The molecule has 112 valence electrons. The molecule has 0 aromatic carbocycles.